The first-order valence-corrected chi connectivity index (χ1v) is 14.8. The Labute approximate surface area is 252 Å². The summed E-state index contributed by atoms with van der Waals surface area (Å²) >= 11 is 12.5. The van der Waals surface area contributed by atoms with Gasteiger partial charge in [0.25, 0.3) is 0 Å². The molecule has 1 spiro atoms. The lowest BCUT2D eigenvalue weighted by atomic mass is 9.62. The molecule has 0 saturated carbocycles. The highest BCUT2D eigenvalue weighted by molar-refractivity contribution is 6.31. The molecule has 6 nitrogen and oxygen atoms in total. The maximum Gasteiger partial charge on any atom is 0.401 e. The van der Waals surface area contributed by atoms with Crippen LogP contribution in [-0.2, 0) is 15.0 Å². The minimum Gasteiger partial charge on any atom is -0.352 e. The van der Waals surface area contributed by atoms with Crippen LogP contribution < -0.4 is 16.0 Å². The van der Waals surface area contributed by atoms with E-state index in [1.54, 1.807) is 30.3 Å². The lowest BCUT2D eigenvalue weighted by Crippen LogP contribution is -2.52. The highest BCUT2D eigenvalue weighted by Gasteiger charge is 2.66. The molecule has 2 fully saturated rings. The highest BCUT2D eigenvalue weighted by atomic mass is 35.5. The minimum atomic E-state index is -4.29. The van der Waals surface area contributed by atoms with Crippen LogP contribution in [-0.4, -0.2) is 60.7 Å². The van der Waals surface area contributed by atoms with Gasteiger partial charge in [-0.1, -0.05) is 62.2 Å². The van der Waals surface area contributed by atoms with Gasteiger partial charge in [-0.25, -0.2) is 4.39 Å². The van der Waals surface area contributed by atoms with Crippen molar-refractivity contribution < 1.29 is 27.2 Å². The Morgan fingerprint density at radius 1 is 1.12 bits per heavy atom. The van der Waals surface area contributed by atoms with Gasteiger partial charge in [0, 0.05) is 41.8 Å². The Balaban J connectivity index is 1.55. The van der Waals surface area contributed by atoms with Gasteiger partial charge < -0.3 is 16.0 Å². The molecule has 228 valence electrons. The van der Waals surface area contributed by atoms with Gasteiger partial charge in [0.2, 0.25) is 11.8 Å². The molecule has 5 rings (SSSR count). The Morgan fingerprint density at radius 3 is 2.45 bits per heavy atom. The molecule has 0 aliphatic carbocycles. The number of likely N-dealkylation sites (tertiary alicyclic amines) is 1. The Bertz CT molecular complexity index is 1370. The highest BCUT2D eigenvalue weighted by Crippen LogP contribution is 2.57. The van der Waals surface area contributed by atoms with Gasteiger partial charge in [-0.05, 0) is 54.0 Å². The molecule has 0 radical (unpaired) electrons. The van der Waals surface area contributed by atoms with Crippen LogP contribution in [0.4, 0.5) is 23.2 Å². The summed E-state index contributed by atoms with van der Waals surface area (Å²) in [5.41, 5.74) is -0.424. The van der Waals surface area contributed by atoms with Crippen LogP contribution in [0, 0.1) is 11.2 Å². The Kier molecular flexibility index (Phi) is 8.33. The molecule has 3 aliphatic heterocycles. The minimum absolute atomic E-state index is 0.129. The van der Waals surface area contributed by atoms with Crippen molar-refractivity contribution >= 4 is 40.7 Å². The van der Waals surface area contributed by atoms with E-state index >= 15 is 4.39 Å². The summed E-state index contributed by atoms with van der Waals surface area (Å²) in [5, 5.41) is 9.64. The molecule has 3 N–H and O–H groups in total. The summed E-state index contributed by atoms with van der Waals surface area (Å²) in [5.74, 6) is -2.52. The van der Waals surface area contributed by atoms with E-state index < -0.39 is 47.9 Å². The molecule has 2 aromatic carbocycles. The third-order valence-electron chi connectivity index (χ3n) is 8.56. The third kappa shape index (κ3) is 5.87. The number of piperidine rings is 1. The number of alkyl halides is 3. The van der Waals surface area contributed by atoms with Gasteiger partial charge in [-0.2, -0.15) is 13.2 Å². The van der Waals surface area contributed by atoms with Crippen molar-refractivity contribution in [2.45, 2.75) is 75.7 Å². The van der Waals surface area contributed by atoms with Crippen molar-refractivity contribution in [1.82, 2.24) is 15.5 Å². The number of nitrogens with one attached hydrogen (secondary N) is 3. The maximum absolute atomic E-state index is 15.9. The molecule has 4 atom stereocenters. The number of benzene rings is 2. The van der Waals surface area contributed by atoms with Gasteiger partial charge in [0.05, 0.1) is 17.6 Å². The van der Waals surface area contributed by atoms with Gasteiger partial charge in [-0.15, -0.1) is 0 Å². The fourth-order valence-electron chi connectivity index (χ4n) is 6.93. The van der Waals surface area contributed by atoms with E-state index in [0.717, 1.165) is 0 Å². The van der Waals surface area contributed by atoms with E-state index in [-0.39, 0.29) is 41.0 Å². The zero-order valence-electron chi connectivity index (χ0n) is 23.5. The number of halogens is 6. The molecule has 0 unspecified atom stereocenters. The third-order valence-corrected chi connectivity index (χ3v) is 9.08. The van der Waals surface area contributed by atoms with Crippen LogP contribution in [0.3, 0.4) is 0 Å². The van der Waals surface area contributed by atoms with Gasteiger partial charge >= 0.3 is 6.18 Å². The van der Waals surface area contributed by atoms with Crippen molar-refractivity contribution in [3.05, 3.63) is 63.4 Å². The van der Waals surface area contributed by atoms with Crippen LogP contribution in [0.25, 0.3) is 0 Å². The lowest BCUT2D eigenvalue weighted by molar-refractivity contribution is -0.148. The molecule has 0 bridgehead atoms. The summed E-state index contributed by atoms with van der Waals surface area (Å²) in [6.07, 6.45) is -3.15. The number of nitrogens with zero attached hydrogens (tertiary/aromatic N) is 1. The smallest absolute Gasteiger partial charge is 0.352 e. The second kappa shape index (κ2) is 11.3. The topological polar surface area (TPSA) is 73.5 Å². The number of hydrogen-bond acceptors (Lipinski definition) is 4. The molecule has 12 heteroatoms. The summed E-state index contributed by atoms with van der Waals surface area (Å²) in [6, 6.07) is 7.63. The van der Waals surface area contributed by atoms with E-state index in [2.05, 4.69) is 16.0 Å². The summed E-state index contributed by atoms with van der Waals surface area (Å²) in [4.78, 5) is 29.5. The molecular formula is C30H34Cl2F4N4O2. The van der Waals surface area contributed by atoms with Crippen molar-refractivity contribution in [3.63, 3.8) is 0 Å². The number of anilines is 1. The predicted octanol–water partition coefficient (Wildman–Crippen LogP) is 6.03. The molecule has 2 amide bonds. The molecule has 2 aromatic rings. The van der Waals surface area contributed by atoms with E-state index in [1.165, 1.54) is 11.0 Å². The first kappa shape index (κ1) is 31.0. The lowest BCUT2D eigenvalue weighted by Gasteiger charge is -2.38. The van der Waals surface area contributed by atoms with E-state index in [9.17, 15) is 22.8 Å². The van der Waals surface area contributed by atoms with Crippen molar-refractivity contribution in [3.8, 4) is 0 Å². The van der Waals surface area contributed by atoms with Crippen LogP contribution in [0.5, 0.6) is 0 Å². The standard InChI is InChI=1S/C30H34Cl2F4N4O2/c1-28(2,3)14-22-30(19-8-7-16(31)13-21(19)38-27(30)42)23(18-5-4-6-20(32)24(18)33)25(39-22)26(41)37-17-9-11-40(12-10-17)15-29(34,35)36/h4-8,13,17,22-23,25,39H,9-12,14-15H2,1-3H3,(H,37,41)(H,38,42)/t22-,23+,25-,30+/m1/s1. The van der Waals surface area contributed by atoms with E-state index in [0.29, 0.717) is 35.5 Å². The molecule has 2 saturated heterocycles. The fraction of sp³-hybridized carbons (Fsp3) is 0.533. The number of carbonyl (C=O) groups excluding carboxylic acids is 2. The zero-order chi connectivity index (χ0) is 30.6. The SMILES string of the molecule is CC(C)(C)C[C@H]1N[C@@H](C(=O)NC2CCN(CC(F)(F)F)CC2)[C@H](c2cccc(Cl)c2F)[C@@]12C(=O)Nc1cc(Cl)ccc12. The summed E-state index contributed by atoms with van der Waals surface area (Å²) in [7, 11) is 0. The van der Waals surface area contributed by atoms with Crippen molar-refractivity contribution in [2.75, 3.05) is 25.0 Å². The first-order chi connectivity index (χ1) is 19.6. The summed E-state index contributed by atoms with van der Waals surface area (Å²) in [6.45, 7) is 5.44. The Hall–Kier alpha value is -2.40. The molecule has 42 heavy (non-hydrogen) atoms. The first-order valence-electron chi connectivity index (χ1n) is 14.0. The average molecular weight is 630 g/mol. The second-order valence-corrected chi connectivity index (χ2v) is 13.6. The number of carbonyl (C=O) groups is 2. The molecular weight excluding hydrogens is 595 g/mol. The zero-order valence-corrected chi connectivity index (χ0v) is 25.1. The number of amides is 2. The molecule has 3 heterocycles. The fourth-order valence-corrected chi connectivity index (χ4v) is 7.29. The van der Waals surface area contributed by atoms with Crippen LogP contribution in [0.1, 0.15) is 57.1 Å². The van der Waals surface area contributed by atoms with Crippen LogP contribution in [0.2, 0.25) is 10.0 Å². The maximum atomic E-state index is 15.9. The molecule has 0 aromatic heterocycles. The van der Waals surface area contributed by atoms with Gasteiger partial charge in [0.1, 0.15) is 11.2 Å². The normalized spacial score (nSPS) is 26.9. The average Bonchev–Trinajstić information content (AvgIpc) is 3.35. The van der Waals surface area contributed by atoms with E-state index in [1.807, 2.05) is 20.8 Å². The quantitative estimate of drug-likeness (QED) is 0.354. The monoisotopic (exact) mass is 628 g/mol. The molecule has 3 aliphatic rings. The number of fused-ring (bicyclic) bond motifs is 2. The Morgan fingerprint density at radius 2 is 1.81 bits per heavy atom. The van der Waals surface area contributed by atoms with Gasteiger partial charge in [-0.3, -0.25) is 14.5 Å². The van der Waals surface area contributed by atoms with Crippen LogP contribution in [0.15, 0.2) is 36.4 Å². The largest absolute Gasteiger partial charge is 0.401 e. The van der Waals surface area contributed by atoms with E-state index in [4.69, 9.17) is 23.2 Å². The predicted molar refractivity (Wildman–Crippen MR) is 154 cm³/mol. The number of rotatable bonds is 5. The summed E-state index contributed by atoms with van der Waals surface area (Å²) < 4.78 is 54.5. The number of hydrogen-bond donors (Lipinski definition) is 3. The van der Waals surface area contributed by atoms with Crippen LogP contribution >= 0.6 is 23.2 Å². The van der Waals surface area contributed by atoms with Crippen molar-refractivity contribution in [2.24, 2.45) is 5.41 Å². The second-order valence-electron chi connectivity index (χ2n) is 12.8. The van der Waals surface area contributed by atoms with Crippen molar-refractivity contribution in [1.29, 1.82) is 0 Å². The van der Waals surface area contributed by atoms with Gasteiger partial charge in [0.15, 0.2) is 0 Å².